The third-order valence-electron chi connectivity index (χ3n) is 6.40. The zero-order valence-electron chi connectivity index (χ0n) is 20.9. The number of aromatic nitrogens is 2. The first kappa shape index (κ1) is 25.9. The van der Waals surface area contributed by atoms with Crippen LogP contribution in [0.3, 0.4) is 0 Å². The van der Waals surface area contributed by atoms with E-state index in [-0.39, 0.29) is 35.0 Å². The number of aryl methyl sites for hydroxylation is 1. The molecule has 0 bridgehead atoms. The summed E-state index contributed by atoms with van der Waals surface area (Å²) in [6, 6.07) is 9.66. The van der Waals surface area contributed by atoms with Crippen LogP contribution in [0.15, 0.2) is 42.2 Å². The van der Waals surface area contributed by atoms with E-state index >= 15 is 4.39 Å². The van der Waals surface area contributed by atoms with E-state index in [0.29, 0.717) is 28.8 Å². The summed E-state index contributed by atoms with van der Waals surface area (Å²) in [5, 5.41) is 23.5. The maximum atomic E-state index is 16.0. The fourth-order valence-electron chi connectivity index (χ4n) is 4.18. The van der Waals surface area contributed by atoms with E-state index in [1.165, 1.54) is 6.08 Å². The maximum absolute atomic E-state index is 16.0. The summed E-state index contributed by atoms with van der Waals surface area (Å²) in [5.74, 6) is 0.224. The van der Waals surface area contributed by atoms with Gasteiger partial charge in [0.1, 0.15) is 17.1 Å². The number of halogens is 2. The minimum atomic E-state index is -0.588. The fraction of sp³-hybridized carbons (Fsp3) is 0.333. The Balaban J connectivity index is 1.77. The van der Waals surface area contributed by atoms with Gasteiger partial charge in [-0.05, 0) is 62.9 Å². The lowest BCUT2D eigenvalue weighted by atomic mass is 10.0. The van der Waals surface area contributed by atoms with Gasteiger partial charge in [0, 0.05) is 36.6 Å². The predicted molar refractivity (Wildman–Crippen MR) is 145 cm³/mol. The highest BCUT2D eigenvalue weighted by Crippen LogP contribution is 2.36. The third-order valence-corrected chi connectivity index (χ3v) is 6.70. The van der Waals surface area contributed by atoms with Crippen molar-refractivity contribution < 1.29 is 14.6 Å². The van der Waals surface area contributed by atoms with Crippen molar-refractivity contribution in [3.63, 3.8) is 0 Å². The molecule has 0 atom stereocenters. The summed E-state index contributed by atoms with van der Waals surface area (Å²) < 4.78 is 16.0. The topological polar surface area (TPSA) is 84.7 Å². The summed E-state index contributed by atoms with van der Waals surface area (Å²) >= 11 is 6.54. The summed E-state index contributed by atoms with van der Waals surface area (Å²) in [6.45, 7) is 5.27. The minimum absolute atomic E-state index is 0.0126. The van der Waals surface area contributed by atoms with E-state index in [9.17, 15) is 10.2 Å². The van der Waals surface area contributed by atoms with Crippen molar-refractivity contribution in [1.82, 2.24) is 14.9 Å². The first-order valence-electron chi connectivity index (χ1n) is 11.8. The average Bonchev–Trinajstić information content (AvgIpc) is 2.78. The number of nitrogens with zero attached hydrogens (tertiary/aromatic N) is 4. The highest BCUT2D eigenvalue weighted by atomic mass is 35.5. The Morgan fingerprint density at radius 1 is 1.28 bits per heavy atom. The molecule has 36 heavy (non-hydrogen) atoms. The molecular formula is C27H31ClFN5O2. The Hall–Kier alpha value is -3.20. The van der Waals surface area contributed by atoms with Crippen LogP contribution in [0.2, 0.25) is 5.02 Å². The lowest BCUT2D eigenvalue weighted by Gasteiger charge is -2.42. The Morgan fingerprint density at radius 3 is 2.67 bits per heavy atom. The van der Waals surface area contributed by atoms with Crippen LogP contribution >= 0.6 is 11.6 Å². The first-order chi connectivity index (χ1) is 17.2. The number of aliphatic hydroxyl groups is 2. The molecule has 9 heteroatoms. The maximum Gasteiger partial charge on any atom is 0.228 e. The molecule has 1 fully saturated rings. The van der Waals surface area contributed by atoms with Crippen LogP contribution in [0.5, 0.6) is 0 Å². The molecule has 0 aliphatic carbocycles. The zero-order chi connectivity index (χ0) is 26.0. The van der Waals surface area contributed by atoms with Gasteiger partial charge in [-0.25, -0.2) is 9.37 Å². The number of likely N-dealkylation sites (N-methyl/N-ethyl adjacent to an activating group) is 1. The highest BCUT2D eigenvalue weighted by Gasteiger charge is 2.31. The molecule has 4 rings (SSSR count). The molecule has 1 aromatic heterocycles. The monoisotopic (exact) mass is 511 g/mol. The van der Waals surface area contributed by atoms with Crippen LogP contribution in [-0.2, 0) is 0 Å². The van der Waals surface area contributed by atoms with E-state index in [2.05, 4.69) is 20.2 Å². The van der Waals surface area contributed by atoms with Gasteiger partial charge in [-0.15, -0.1) is 0 Å². The minimum Gasteiger partial charge on any atom is -0.508 e. The van der Waals surface area contributed by atoms with Crippen LogP contribution in [-0.4, -0.2) is 71.5 Å². The molecule has 0 radical (unpaired) electrons. The number of allylic oxidation sites excluding steroid dienone is 2. The van der Waals surface area contributed by atoms with Crippen LogP contribution in [0.25, 0.3) is 22.6 Å². The van der Waals surface area contributed by atoms with Gasteiger partial charge in [0.05, 0.1) is 11.6 Å². The Bertz CT molecular complexity index is 1340. The van der Waals surface area contributed by atoms with Gasteiger partial charge >= 0.3 is 0 Å². The zero-order valence-corrected chi connectivity index (χ0v) is 21.6. The number of rotatable bonds is 8. The van der Waals surface area contributed by atoms with Crippen molar-refractivity contribution in [2.75, 3.05) is 50.6 Å². The van der Waals surface area contributed by atoms with Gasteiger partial charge in [0.15, 0.2) is 5.82 Å². The largest absolute Gasteiger partial charge is 0.508 e. The van der Waals surface area contributed by atoms with Gasteiger partial charge in [-0.2, -0.15) is 4.98 Å². The standard InChI is InChI=1S/C27H31ClFN5O2/c1-16-7-5-6-8-18(16)12-20(36)11-17(2)23-22(28)13-21-25(24(23)29)31-27(32-26(21)30-9-10-35)34-14-19(15-34)33(3)4/h5-8,11-13,19,35-36H,9-10,14-15H2,1-4H3,(H,30,31,32)/b17-11+,20-12+. The van der Waals surface area contributed by atoms with Gasteiger partial charge in [-0.3, -0.25) is 0 Å². The van der Waals surface area contributed by atoms with Crippen molar-refractivity contribution >= 4 is 45.9 Å². The smallest absolute Gasteiger partial charge is 0.228 e. The molecule has 1 saturated heterocycles. The number of fused-ring (bicyclic) bond motifs is 1. The number of aliphatic hydroxyl groups excluding tert-OH is 2. The molecular weight excluding hydrogens is 481 g/mol. The van der Waals surface area contributed by atoms with E-state index in [4.69, 9.17) is 11.6 Å². The third kappa shape index (κ3) is 5.31. The van der Waals surface area contributed by atoms with E-state index < -0.39 is 5.82 Å². The molecule has 0 amide bonds. The second kappa shape index (κ2) is 10.8. The molecule has 0 spiro atoms. The predicted octanol–water partition coefficient (Wildman–Crippen LogP) is 4.89. The SMILES string of the molecule is C/C(=C\C(O)=C/c1ccccc1C)c1c(Cl)cc2c(NCCO)nc(N3CC(N(C)C)C3)nc2c1F. The number of nitrogens with one attached hydrogen (secondary N) is 1. The number of benzene rings is 2. The van der Waals surface area contributed by atoms with Gasteiger partial charge in [0.2, 0.25) is 5.95 Å². The lowest BCUT2D eigenvalue weighted by molar-refractivity contribution is 0.245. The Labute approximate surface area is 215 Å². The molecule has 1 aliphatic heterocycles. The Kier molecular flexibility index (Phi) is 7.78. The molecule has 3 N–H and O–H groups in total. The Morgan fingerprint density at radius 2 is 2.00 bits per heavy atom. The normalized spacial score (nSPS) is 15.1. The molecule has 1 aliphatic rings. The van der Waals surface area contributed by atoms with Crippen LogP contribution in [0, 0.1) is 12.7 Å². The second-order valence-electron chi connectivity index (χ2n) is 9.24. The number of hydrogen-bond acceptors (Lipinski definition) is 7. The average molecular weight is 512 g/mol. The molecule has 0 unspecified atom stereocenters. The van der Waals surface area contributed by atoms with E-state index in [1.807, 2.05) is 50.2 Å². The van der Waals surface area contributed by atoms with Crippen molar-refractivity contribution in [3.05, 3.63) is 69.7 Å². The van der Waals surface area contributed by atoms with Crippen molar-refractivity contribution in [3.8, 4) is 0 Å². The van der Waals surface area contributed by atoms with E-state index in [1.54, 1.807) is 19.1 Å². The molecule has 3 aromatic rings. The molecule has 2 aromatic carbocycles. The van der Waals surface area contributed by atoms with Crippen molar-refractivity contribution in [1.29, 1.82) is 0 Å². The van der Waals surface area contributed by atoms with Crippen molar-refractivity contribution in [2.24, 2.45) is 0 Å². The number of anilines is 2. The van der Waals surface area contributed by atoms with Gasteiger partial charge in [0.25, 0.3) is 0 Å². The molecule has 7 nitrogen and oxygen atoms in total. The van der Waals surface area contributed by atoms with Crippen molar-refractivity contribution in [2.45, 2.75) is 19.9 Å². The van der Waals surface area contributed by atoms with Crippen LogP contribution in [0.1, 0.15) is 23.6 Å². The molecule has 2 heterocycles. The molecule has 190 valence electrons. The summed E-state index contributed by atoms with van der Waals surface area (Å²) in [6.07, 6.45) is 3.13. The lowest BCUT2D eigenvalue weighted by Crippen LogP contribution is -2.58. The fourth-order valence-corrected chi connectivity index (χ4v) is 4.53. The van der Waals surface area contributed by atoms with Crippen LogP contribution < -0.4 is 10.2 Å². The summed E-state index contributed by atoms with van der Waals surface area (Å²) in [4.78, 5) is 13.3. The van der Waals surface area contributed by atoms with Gasteiger partial charge < -0.3 is 25.3 Å². The summed E-state index contributed by atoms with van der Waals surface area (Å²) in [5.41, 5.74) is 2.64. The highest BCUT2D eigenvalue weighted by molar-refractivity contribution is 6.33. The van der Waals surface area contributed by atoms with Gasteiger partial charge in [-0.1, -0.05) is 35.9 Å². The molecule has 0 saturated carbocycles. The quantitative estimate of drug-likeness (QED) is 0.293. The first-order valence-corrected chi connectivity index (χ1v) is 12.2. The van der Waals surface area contributed by atoms with Crippen LogP contribution in [0.4, 0.5) is 16.2 Å². The van der Waals surface area contributed by atoms with E-state index in [0.717, 1.165) is 24.2 Å². The summed E-state index contributed by atoms with van der Waals surface area (Å²) in [7, 11) is 4.03. The number of hydrogen-bond donors (Lipinski definition) is 3. The second-order valence-corrected chi connectivity index (χ2v) is 9.65.